The zero-order valence-electron chi connectivity index (χ0n) is 13.9. The highest BCUT2D eigenvalue weighted by Crippen LogP contribution is 2.34. The van der Waals surface area contributed by atoms with Gasteiger partial charge < -0.3 is 14.9 Å². The Kier molecular flexibility index (Phi) is 5.08. The van der Waals surface area contributed by atoms with Crippen LogP contribution in [0.1, 0.15) is 24.0 Å². The van der Waals surface area contributed by atoms with Gasteiger partial charge in [0.05, 0.1) is 5.56 Å². The zero-order valence-corrected chi connectivity index (χ0v) is 13.9. The van der Waals surface area contributed by atoms with E-state index >= 15 is 0 Å². The number of carboxylic acid groups (broad SMARTS) is 1. The molecule has 1 aromatic carbocycles. The molecule has 1 amide bonds. The molecular weight excluding hydrogens is 335 g/mol. The minimum absolute atomic E-state index is 0.382. The maximum Gasteiger partial charge on any atom is 0.416 e. The van der Waals surface area contributed by atoms with Crippen LogP contribution in [0.25, 0.3) is 0 Å². The van der Waals surface area contributed by atoms with E-state index in [4.69, 9.17) is 5.11 Å². The van der Waals surface area contributed by atoms with Crippen molar-refractivity contribution in [2.24, 2.45) is 0 Å². The first-order chi connectivity index (χ1) is 11.8. The molecule has 2 aliphatic rings. The van der Waals surface area contributed by atoms with Gasteiger partial charge in [-0.15, -0.1) is 0 Å². The van der Waals surface area contributed by atoms with Gasteiger partial charge in [0, 0.05) is 51.5 Å². The third kappa shape index (κ3) is 4.18. The van der Waals surface area contributed by atoms with Crippen molar-refractivity contribution in [3.63, 3.8) is 0 Å². The number of rotatable bonds is 3. The number of benzene rings is 1. The van der Waals surface area contributed by atoms with Gasteiger partial charge in [-0.25, -0.2) is 4.79 Å². The Morgan fingerprint density at radius 3 is 2.24 bits per heavy atom. The van der Waals surface area contributed by atoms with Gasteiger partial charge >= 0.3 is 12.3 Å². The Morgan fingerprint density at radius 1 is 1.04 bits per heavy atom. The third-order valence-electron chi connectivity index (χ3n) is 4.89. The number of halogens is 3. The number of carbonyl (C=O) groups is 1. The van der Waals surface area contributed by atoms with Gasteiger partial charge in [0.1, 0.15) is 0 Å². The van der Waals surface area contributed by atoms with Crippen molar-refractivity contribution in [1.82, 2.24) is 9.80 Å². The van der Waals surface area contributed by atoms with Crippen molar-refractivity contribution in [2.45, 2.75) is 25.6 Å². The number of piperazine rings is 1. The van der Waals surface area contributed by atoms with E-state index in [9.17, 15) is 18.0 Å². The summed E-state index contributed by atoms with van der Waals surface area (Å²) in [5, 5.41) is 9.00. The van der Waals surface area contributed by atoms with Crippen LogP contribution in [0.5, 0.6) is 0 Å². The summed E-state index contributed by atoms with van der Waals surface area (Å²) in [7, 11) is 0. The maximum absolute atomic E-state index is 13.1. The summed E-state index contributed by atoms with van der Waals surface area (Å²) in [6.07, 6.45) is -3.20. The first-order valence-corrected chi connectivity index (χ1v) is 8.50. The molecule has 3 rings (SSSR count). The summed E-state index contributed by atoms with van der Waals surface area (Å²) in [4.78, 5) is 16.5. The van der Waals surface area contributed by atoms with Gasteiger partial charge in [-0.05, 0) is 36.6 Å². The highest BCUT2D eigenvalue weighted by atomic mass is 19.4. The van der Waals surface area contributed by atoms with Gasteiger partial charge in [0.2, 0.25) is 0 Å². The Labute approximate surface area is 144 Å². The van der Waals surface area contributed by atoms with E-state index in [1.54, 1.807) is 6.07 Å². The molecule has 8 heteroatoms. The lowest BCUT2D eigenvalue weighted by Crippen LogP contribution is -2.47. The van der Waals surface area contributed by atoms with Crippen LogP contribution in [0.3, 0.4) is 0 Å². The summed E-state index contributed by atoms with van der Waals surface area (Å²) in [6, 6.07) is 3.98. The number of hydrogen-bond acceptors (Lipinski definition) is 3. The Hall–Kier alpha value is -1.96. The van der Waals surface area contributed by atoms with Gasteiger partial charge in [-0.3, -0.25) is 4.90 Å². The Bertz CT molecular complexity index is 622. The largest absolute Gasteiger partial charge is 0.465 e. The lowest BCUT2D eigenvalue weighted by molar-refractivity contribution is -0.137. The molecule has 0 atom stereocenters. The Balaban J connectivity index is 1.79. The predicted molar refractivity (Wildman–Crippen MR) is 87.8 cm³/mol. The second-order valence-electron chi connectivity index (χ2n) is 6.58. The molecule has 138 valence electrons. The molecule has 0 spiro atoms. The van der Waals surface area contributed by atoms with E-state index < -0.39 is 17.8 Å². The normalized spacial score (nSPS) is 19.5. The van der Waals surface area contributed by atoms with Crippen LogP contribution in [0, 0.1) is 0 Å². The van der Waals surface area contributed by atoms with E-state index in [1.807, 2.05) is 4.90 Å². The number of alkyl halides is 3. The fourth-order valence-corrected chi connectivity index (χ4v) is 3.49. The third-order valence-corrected chi connectivity index (χ3v) is 4.89. The van der Waals surface area contributed by atoms with Crippen LogP contribution >= 0.6 is 0 Å². The highest BCUT2D eigenvalue weighted by Gasteiger charge is 2.32. The highest BCUT2D eigenvalue weighted by molar-refractivity contribution is 5.65. The first kappa shape index (κ1) is 17.8. The molecule has 0 aliphatic carbocycles. The molecule has 25 heavy (non-hydrogen) atoms. The van der Waals surface area contributed by atoms with E-state index in [-0.39, 0.29) is 0 Å². The van der Waals surface area contributed by atoms with E-state index in [2.05, 4.69) is 4.90 Å². The lowest BCUT2D eigenvalue weighted by atomic mass is 10.1. The molecule has 5 nitrogen and oxygen atoms in total. The van der Waals surface area contributed by atoms with E-state index in [1.165, 1.54) is 11.0 Å². The molecule has 2 aliphatic heterocycles. The summed E-state index contributed by atoms with van der Waals surface area (Å²) in [5.41, 5.74) is 0.904. The van der Waals surface area contributed by atoms with Crippen LogP contribution in [0.2, 0.25) is 0 Å². The minimum atomic E-state index is -4.36. The van der Waals surface area contributed by atoms with Crippen molar-refractivity contribution in [1.29, 1.82) is 0 Å². The molecule has 0 radical (unpaired) electrons. The number of hydrogen-bond donors (Lipinski definition) is 1. The smallest absolute Gasteiger partial charge is 0.416 e. The summed E-state index contributed by atoms with van der Waals surface area (Å²) in [5.74, 6) is 0. The van der Waals surface area contributed by atoms with Crippen LogP contribution < -0.4 is 4.90 Å². The maximum atomic E-state index is 13.1. The van der Waals surface area contributed by atoms with Crippen LogP contribution in [-0.4, -0.2) is 60.3 Å². The molecule has 0 saturated carbocycles. The molecule has 2 saturated heterocycles. The van der Waals surface area contributed by atoms with Crippen molar-refractivity contribution in [2.75, 3.05) is 44.2 Å². The molecular formula is C17H22F3N3O2. The lowest BCUT2D eigenvalue weighted by Gasteiger charge is -2.34. The predicted octanol–water partition coefficient (Wildman–Crippen LogP) is 3.10. The molecule has 2 fully saturated rings. The number of amides is 1. The molecule has 1 aromatic rings. The molecule has 0 aromatic heterocycles. The minimum Gasteiger partial charge on any atom is -0.465 e. The van der Waals surface area contributed by atoms with Gasteiger partial charge in [0.15, 0.2) is 0 Å². The van der Waals surface area contributed by atoms with Gasteiger partial charge in [0.25, 0.3) is 0 Å². The zero-order chi connectivity index (χ0) is 18.0. The van der Waals surface area contributed by atoms with E-state index in [0.717, 1.165) is 37.7 Å². The average molecular weight is 357 g/mol. The summed E-state index contributed by atoms with van der Waals surface area (Å²) < 4.78 is 39.3. The van der Waals surface area contributed by atoms with Crippen molar-refractivity contribution in [3.8, 4) is 0 Å². The van der Waals surface area contributed by atoms with E-state index in [0.29, 0.717) is 38.3 Å². The topological polar surface area (TPSA) is 47.0 Å². The second kappa shape index (κ2) is 7.11. The number of anilines is 1. The fraction of sp³-hybridized carbons (Fsp3) is 0.588. The van der Waals surface area contributed by atoms with Crippen LogP contribution in [-0.2, 0) is 12.7 Å². The molecule has 2 heterocycles. The van der Waals surface area contributed by atoms with Crippen LogP contribution in [0.4, 0.5) is 23.7 Å². The monoisotopic (exact) mass is 357 g/mol. The fourth-order valence-electron chi connectivity index (χ4n) is 3.49. The van der Waals surface area contributed by atoms with Gasteiger partial charge in [-0.1, -0.05) is 0 Å². The SMILES string of the molecule is O=C(O)N1CCN(Cc2cc(C(F)(F)F)ccc2N2CCCC2)CC1. The van der Waals surface area contributed by atoms with Gasteiger partial charge in [-0.2, -0.15) is 13.2 Å². The first-order valence-electron chi connectivity index (χ1n) is 8.50. The summed E-state index contributed by atoms with van der Waals surface area (Å²) in [6.45, 7) is 3.96. The standard InChI is InChI=1S/C17H22F3N3O2/c18-17(19,20)14-3-4-15(22-5-1-2-6-22)13(11-14)12-21-7-9-23(10-8-21)16(24)25/h3-4,11H,1-2,5-10,12H2,(H,24,25). The second-order valence-corrected chi connectivity index (χ2v) is 6.58. The van der Waals surface area contributed by atoms with Crippen LogP contribution in [0.15, 0.2) is 18.2 Å². The number of nitrogens with zero attached hydrogens (tertiary/aromatic N) is 3. The molecule has 0 unspecified atom stereocenters. The van der Waals surface area contributed by atoms with Crippen molar-refractivity contribution >= 4 is 11.8 Å². The molecule has 0 bridgehead atoms. The van der Waals surface area contributed by atoms with Crippen molar-refractivity contribution in [3.05, 3.63) is 29.3 Å². The Morgan fingerprint density at radius 2 is 1.68 bits per heavy atom. The van der Waals surface area contributed by atoms with Crippen molar-refractivity contribution < 1.29 is 23.1 Å². The summed E-state index contributed by atoms with van der Waals surface area (Å²) >= 11 is 0. The average Bonchev–Trinajstić information content (AvgIpc) is 3.08. The quantitative estimate of drug-likeness (QED) is 0.903. The molecule has 1 N–H and O–H groups in total.